The Morgan fingerprint density at radius 3 is 2.50 bits per heavy atom. The molecule has 2 N–H and O–H groups in total. The minimum Gasteiger partial charge on any atom is -0.481 e. The summed E-state index contributed by atoms with van der Waals surface area (Å²) < 4.78 is 10.4. The molecular formula is C26H22ClN3O4. The Morgan fingerprint density at radius 1 is 0.971 bits per heavy atom. The van der Waals surface area contributed by atoms with Gasteiger partial charge in [0.05, 0.1) is 29.0 Å². The summed E-state index contributed by atoms with van der Waals surface area (Å²) in [7, 11) is 1.30. The molecule has 4 aromatic rings. The van der Waals surface area contributed by atoms with Gasteiger partial charge in [0.2, 0.25) is 0 Å². The predicted octanol–water partition coefficient (Wildman–Crippen LogP) is 6.06. The Hall–Kier alpha value is -4.10. The normalized spacial score (nSPS) is 10.6. The molecule has 2 amide bonds. The van der Waals surface area contributed by atoms with Crippen molar-refractivity contribution in [1.29, 1.82) is 0 Å². The fraction of sp³-hybridized carbons (Fsp3) is 0.115. The zero-order chi connectivity index (χ0) is 24.1. The first-order valence-electron chi connectivity index (χ1n) is 10.5. The lowest BCUT2D eigenvalue weighted by molar-refractivity contribution is -0.142. The summed E-state index contributed by atoms with van der Waals surface area (Å²) in [6, 6.07) is 21.6. The lowest BCUT2D eigenvalue weighted by Crippen LogP contribution is -2.19. The molecule has 0 fully saturated rings. The Morgan fingerprint density at radius 2 is 1.76 bits per heavy atom. The number of hydrogen-bond donors (Lipinski definition) is 2. The summed E-state index contributed by atoms with van der Waals surface area (Å²) >= 11 is 6.21. The first-order chi connectivity index (χ1) is 16.4. The number of hydrogen-bond acceptors (Lipinski definition) is 5. The van der Waals surface area contributed by atoms with Crippen molar-refractivity contribution >= 4 is 45.9 Å². The van der Waals surface area contributed by atoms with E-state index in [-0.39, 0.29) is 6.61 Å². The van der Waals surface area contributed by atoms with Gasteiger partial charge >= 0.3 is 12.0 Å². The molecule has 0 aliphatic rings. The molecule has 0 aliphatic heterocycles. The first-order valence-corrected chi connectivity index (χ1v) is 10.8. The molecular weight excluding hydrogens is 454 g/mol. The summed E-state index contributed by atoms with van der Waals surface area (Å²) in [6.45, 7) is 1.66. The van der Waals surface area contributed by atoms with Gasteiger partial charge in [-0.25, -0.2) is 14.6 Å². The van der Waals surface area contributed by atoms with Gasteiger partial charge in [-0.05, 0) is 42.8 Å². The van der Waals surface area contributed by atoms with Crippen molar-refractivity contribution in [1.82, 2.24) is 4.98 Å². The Balaban J connectivity index is 1.64. The number of anilines is 2. The van der Waals surface area contributed by atoms with Gasteiger partial charge in [0.25, 0.3) is 0 Å². The van der Waals surface area contributed by atoms with Crippen LogP contribution in [0.4, 0.5) is 16.2 Å². The van der Waals surface area contributed by atoms with Gasteiger partial charge in [-0.3, -0.25) is 0 Å². The molecule has 0 radical (unpaired) electrons. The summed E-state index contributed by atoms with van der Waals surface area (Å²) in [5, 5.41) is 6.61. The van der Waals surface area contributed by atoms with Crippen LogP contribution in [0.15, 0.2) is 72.8 Å². The molecule has 0 atom stereocenters. The minimum absolute atomic E-state index is 0.256. The number of carbonyl (C=O) groups is 2. The van der Waals surface area contributed by atoms with Gasteiger partial charge in [0.1, 0.15) is 5.75 Å². The van der Waals surface area contributed by atoms with Crippen molar-refractivity contribution in [3.8, 4) is 17.0 Å². The number of aryl methyl sites for hydroxylation is 1. The van der Waals surface area contributed by atoms with E-state index in [2.05, 4.69) is 10.6 Å². The first kappa shape index (κ1) is 23.1. The molecule has 1 heterocycles. The third kappa shape index (κ3) is 5.44. The summed E-state index contributed by atoms with van der Waals surface area (Å²) in [5.41, 5.74) is 4.26. The third-order valence-electron chi connectivity index (χ3n) is 5.04. The van der Waals surface area contributed by atoms with Crippen molar-refractivity contribution in [2.24, 2.45) is 0 Å². The molecule has 4 rings (SSSR count). The van der Waals surface area contributed by atoms with Crippen LogP contribution in [-0.4, -0.2) is 30.7 Å². The van der Waals surface area contributed by atoms with Crippen LogP contribution in [0.3, 0.4) is 0 Å². The molecule has 0 unspecified atom stereocenters. The van der Waals surface area contributed by atoms with Crippen molar-refractivity contribution in [2.45, 2.75) is 6.92 Å². The average molecular weight is 476 g/mol. The van der Waals surface area contributed by atoms with Crippen molar-refractivity contribution in [3.63, 3.8) is 0 Å². The van der Waals surface area contributed by atoms with Crippen molar-refractivity contribution in [2.75, 3.05) is 24.4 Å². The van der Waals surface area contributed by atoms with E-state index in [1.807, 2.05) is 43.3 Å². The number of pyridine rings is 1. The summed E-state index contributed by atoms with van der Waals surface area (Å²) in [6.07, 6.45) is 0. The van der Waals surface area contributed by atoms with E-state index in [0.717, 1.165) is 11.1 Å². The highest BCUT2D eigenvalue weighted by molar-refractivity contribution is 6.33. The summed E-state index contributed by atoms with van der Waals surface area (Å²) in [4.78, 5) is 28.9. The molecule has 0 saturated carbocycles. The van der Waals surface area contributed by atoms with E-state index in [1.54, 1.807) is 36.4 Å². The van der Waals surface area contributed by atoms with Crippen LogP contribution in [0.25, 0.3) is 22.2 Å². The van der Waals surface area contributed by atoms with Gasteiger partial charge in [-0.2, -0.15) is 0 Å². The molecule has 0 saturated heterocycles. The number of ether oxygens (including phenoxy) is 2. The van der Waals surface area contributed by atoms with Crippen LogP contribution < -0.4 is 15.4 Å². The molecule has 172 valence electrons. The zero-order valence-electron chi connectivity index (χ0n) is 18.6. The molecule has 8 heteroatoms. The maximum atomic E-state index is 12.5. The number of nitrogens with zero attached hydrogens (tertiary/aromatic N) is 1. The van der Waals surface area contributed by atoms with E-state index in [4.69, 9.17) is 26.1 Å². The Kier molecular flexibility index (Phi) is 6.94. The van der Waals surface area contributed by atoms with Crippen LogP contribution in [0, 0.1) is 6.92 Å². The monoisotopic (exact) mass is 475 g/mol. The van der Waals surface area contributed by atoms with Crippen LogP contribution in [0.2, 0.25) is 5.02 Å². The average Bonchev–Trinajstić information content (AvgIpc) is 2.84. The van der Waals surface area contributed by atoms with E-state index in [9.17, 15) is 9.59 Å². The summed E-state index contributed by atoms with van der Waals surface area (Å²) in [5.74, 6) is -0.0604. The highest BCUT2D eigenvalue weighted by Gasteiger charge is 2.13. The van der Waals surface area contributed by atoms with Gasteiger partial charge in [-0.15, -0.1) is 0 Å². The quantitative estimate of drug-likeness (QED) is 0.331. The van der Waals surface area contributed by atoms with E-state index < -0.39 is 12.0 Å². The second-order valence-corrected chi connectivity index (χ2v) is 7.94. The molecule has 3 aromatic carbocycles. The number of esters is 1. The molecule has 7 nitrogen and oxygen atoms in total. The van der Waals surface area contributed by atoms with Crippen LogP contribution in [0.1, 0.15) is 5.56 Å². The smallest absolute Gasteiger partial charge is 0.343 e. The fourth-order valence-electron chi connectivity index (χ4n) is 3.35. The maximum Gasteiger partial charge on any atom is 0.343 e. The number of halogens is 1. The number of fused-ring (bicyclic) bond motifs is 1. The number of amides is 2. The van der Waals surface area contributed by atoms with E-state index in [1.165, 1.54) is 7.11 Å². The second-order valence-electron chi connectivity index (χ2n) is 7.53. The lowest BCUT2D eigenvalue weighted by Gasteiger charge is -2.13. The number of benzene rings is 3. The predicted molar refractivity (Wildman–Crippen MR) is 134 cm³/mol. The van der Waals surface area contributed by atoms with Gasteiger partial charge in [0.15, 0.2) is 6.61 Å². The SMILES string of the molecule is COC(=O)COc1cc(-c2ccccc2)nc2ccc(NC(=O)Nc3ccc(C)cc3Cl)cc12. The molecule has 0 aliphatic carbocycles. The van der Waals surface area contributed by atoms with Gasteiger partial charge in [0, 0.05) is 22.7 Å². The number of methoxy groups -OCH3 is 1. The number of carbonyl (C=O) groups excluding carboxylic acids is 2. The molecule has 0 bridgehead atoms. The maximum absolute atomic E-state index is 12.5. The highest BCUT2D eigenvalue weighted by Crippen LogP contribution is 2.32. The lowest BCUT2D eigenvalue weighted by atomic mass is 10.1. The fourth-order valence-corrected chi connectivity index (χ4v) is 3.63. The van der Waals surface area contributed by atoms with Crippen LogP contribution >= 0.6 is 11.6 Å². The zero-order valence-corrected chi connectivity index (χ0v) is 19.3. The molecule has 0 spiro atoms. The molecule has 34 heavy (non-hydrogen) atoms. The van der Waals surface area contributed by atoms with Crippen molar-refractivity contribution in [3.05, 3.63) is 83.4 Å². The Labute approximate surface area is 201 Å². The second kappa shape index (κ2) is 10.2. The minimum atomic E-state index is -0.505. The number of aromatic nitrogens is 1. The highest BCUT2D eigenvalue weighted by atomic mass is 35.5. The topological polar surface area (TPSA) is 89.6 Å². The standard InChI is InChI=1S/C26H22ClN3O4/c1-16-8-10-22(20(27)12-16)30-26(32)28-18-9-11-21-19(13-18)24(34-15-25(31)33-2)14-23(29-21)17-6-4-3-5-7-17/h3-14H,15H2,1-2H3,(H2,28,30,32). The number of urea groups is 1. The number of rotatable bonds is 6. The number of nitrogens with one attached hydrogen (secondary N) is 2. The van der Waals surface area contributed by atoms with Crippen LogP contribution in [-0.2, 0) is 9.53 Å². The van der Waals surface area contributed by atoms with Crippen LogP contribution in [0.5, 0.6) is 5.75 Å². The Bertz CT molecular complexity index is 1360. The third-order valence-corrected chi connectivity index (χ3v) is 5.36. The molecule has 1 aromatic heterocycles. The van der Waals surface area contributed by atoms with Gasteiger partial charge in [-0.1, -0.05) is 48.0 Å². The van der Waals surface area contributed by atoms with Gasteiger partial charge < -0.3 is 20.1 Å². The largest absolute Gasteiger partial charge is 0.481 e. The van der Waals surface area contributed by atoms with E-state index in [0.29, 0.717) is 38.7 Å². The van der Waals surface area contributed by atoms with E-state index >= 15 is 0 Å². The van der Waals surface area contributed by atoms with Crippen molar-refractivity contribution < 1.29 is 19.1 Å².